The van der Waals surface area contributed by atoms with E-state index in [0.29, 0.717) is 18.4 Å². The molecule has 2 aliphatic rings. The van der Waals surface area contributed by atoms with Gasteiger partial charge in [-0.1, -0.05) is 48.5 Å². The first-order valence-electron chi connectivity index (χ1n) is 11.0. The predicted molar refractivity (Wildman–Crippen MR) is 122 cm³/mol. The standard InChI is InChI=1S/C25H24N4O5/c1-29-13-15(12-26-29)21(22(30)31)27-23(32)25(10-11-25)28-24(33)34-14-20-18-8-4-2-6-16(18)17-7-3-5-9-19(17)20/h2-9,12-13,20-21H,10-11,14H2,1H3,(H,27,32)(H,28,33)(H,30,31). The van der Waals surface area contributed by atoms with Crippen LogP contribution in [0.15, 0.2) is 60.9 Å². The molecule has 2 aromatic carbocycles. The Morgan fingerprint density at radius 2 is 1.74 bits per heavy atom. The highest BCUT2D eigenvalue weighted by atomic mass is 16.5. The second-order valence-electron chi connectivity index (χ2n) is 8.72. The number of fused-ring (bicyclic) bond motifs is 3. The Kier molecular flexibility index (Phi) is 5.31. The number of nitrogens with zero attached hydrogens (tertiary/aromatic N) is 2. The number of rotatable bonds is 7. The normalized spacial score (nSPS) is 16.1. The summed E-state index contributed by atoms with van der Waals surface area (Å²) in [6, 6.07) is 14.8. The maximum atomic E-state index is 12.9. The van der Waals surface area contributed by atoms with Crippen LogP contribution in [0.4, 0.5) is 4.79 Å². The summed E-state index contributed by atoms with van der Waals surface area (Å²) in [5.74, 6) is -1.86. The van der Waals surface area contributed by atoms with E-state index in [0.717, 1.165) is 22.3 Å². The molecule has 1 unspecified atom stereocenters. The lowest BCUT2D eigenvalue weighted by molar-refractivity contribution is -0.142. The van der Waals surface area contributed by atoms with Crippen molar-refractivity contribution in [2.75, 3.05) is 6.61 Å². The molecular formula is C25H24N4O5. The first kappa shape index (κ1) is 21.7. The molecule has 1 heterocycles. The summed E-state index contributed by atoms with van der Waals surface area (Å²) in [6.45, 7) is 0.130. The van der Waals surface area contributed by atoms with Crippen LogP contribution < -0.4 is 10.6 Å². The Balaban J connectivity index is 1.24. The van der Waals surface area contributed by atoms with Crippen LogP contribution in [0.25, 0.3) is 11.1 Å². The number of hydrogen-bond acceptors (Lipinski definition) is 5. The molecule has 1 fully saturated rings. The zero-order valence-electron chi connectivity index (χ0n) is 18.5. The van der Waals surface area contributed by atoms with Crippen molar-refractivity contribution in [3.8, 4) is 11.1 Å². The molecule has 1 aromatic heterocycles. The number of ether oxygens (including phenoxy) is 1. The minimum atomic E-state index is -1.26. The number of carbonyl (C=O) groups is 3. The molecule has 0 radical (unpaired) electrons. The van der Waals surface area contributed by atoms with Crippen LogP contribution in [-0.2, 0) is 21.4 Å². The van der Waals surface area contributed by atoms with Gasteiger partial charge in [0.15, 0.2) is 6.04 Å². The van der Waals surface area contributed by atoms with Gasteiger partial charge in [0.2, 0.25) is 5.91 Å². The van der Waals surface area contributed by atoms with Gasteiger partial charge in [-0.25, -0.2) is 9.59 Å². The third-order valence-electron chi connectivity index (χ3n) is 6.45. The van der Waals surface area contributed by atoms with Crippen LogP contribution in [0.5, 0.6) is 0 Å². The van der Waals surface area contributed by atoms with Crippen LogP contribution in [0, 0.1) is 0 Å². The predicted octanol–water partition coefficient (Wildman–Crippen LogP) is 2.73. The zero-order chi connectivity index (χ0) is 23.9. The number of benzene rings is 2. The largest absolute Gasteiger partial charge is 0.479 e. The average molecular weight is 460 g/mol. The second kappa shape index (κ2) is 8.33. The number of carboxylic acid groups (broad SMARTS) is 1. The van der Waals surface area contributed by atoms with Gasteiger partial charge in [0.1, 0.15) is 12.1 Å². The van der Waals surface area contributed by atoms with E-state index in [1.165, 1.54) is 17.1 Å². The second-order valence-corrected chi connectivity index (χ2v) is 8.72. The smallest absolute Gasteiger partial charge is 0.408 e. The molecule has 3 N–H and O–H groups in total. The quantitative estimate of drug-likeness (QED) is 0.498. The van der Waals surface area contributed by atoms with E-state index >= 15 is 0 Å². The summed E-state index contributed by atoms with van der Waals surface area (Å²) >= 11 is 0. The van der Waals surface area contributed by atoms with E-state index in [4.69, 9.17) is 4.74 Å². The fourth-order valence-electron chi connectivity index (χ4n) is 4.51. The third kappa shape index (κ3) is 3.89. The molecule has 9 heteroatoms. The van der Waals surface area contributed by atoms with Crippen LogP contribution in [0.1, 0.15) is 41.5 Å². The fourth-order valence-corrected chi connectivity index (χ4v) is 4.51. The Hall–Kier alpha value is -4.14. The van der Waals surface area contributed by atoms with Crippen LogP contribution in [0.3, 0.4) is 0 Å². The van der Waals surface area contributed by atoms with Gasteiger partial charge in [-0.3, -0.25) is 9.48 Å². The van der Waals surface area contributed by atoms with E-state index < -0.39 is 29.6 Å². The molecule has 2 aliphatic carbocycles. The number of hydrogen-bond donors (Lipinski definition) is 3. The maximum Gasteiger partial charge on any atom is 0.408 e. The van der Waals surface area contributed by atoms with Gasteiger partial charge in [0.25, 0.3) is 0 Å². The summed E-state index contributed by atoms with van der Waals surface area (Å²) in [5.41, 5.74) is 3.62. The van der Waals surface area contributed by atoms with E-state index in [1.807, 2.05) is 36.4 Å². The van der Waals surface area contributed by atoms with Gasteiger partial charge in [0.05, 0.1) is 6.20 Å². The number of alkyl carbamates (subject to hydrolysis) is 1. The van der Waals surface area contributed by atoms with Crippen molar-refractivity contribution in [2.24, 2.45) is 7.05 Å². The summed E-state index contributed by atoms with van der Waals surface area (Å²) in [7, 11) is 1.66. The summed E-state index contributed by atoms with van der Waals surface area (Å²) in [5, 5.41) is 18.7. The number of aromatic nitrogens is 2. The molecule has 0 saturated heterocycles. The lowest BCUT2D eigenvalue weighted by Gasteiger charge is -2.21. The summed E-state index contributed by atoms with van der Waals surface area (Å²) in [6.07, 6.45) is 3.02. The number of carboxylic acids is 1. The number of nitrogens with one attached hydrogen (secondary N) is 2. The van der Waals surface area contributed by atoms with Crippen molar-refractivity contribution in [1.82, 2.24) is 20.4 Å². The van der Waals surface area contributed by atoms with Crippen molar-refractivity contribution in [3.63, 3.8) is 0 Å². The lowest BCUT2D eigenvalue weighted by atomic mass is 9.98. The fraction of sp³-hybridized carbons (Fsp3) is 0.280. The van der Waals surface area contributed by atoms with Crippen molar-refractivity contribution < 1.29 is 24.2 Å². The van der Waals surface area contributed by atoms with Crippen LogP contribution >= 0.6 is 0 Å². The molecule has 0 bridgehead atoms. The highest BCUT2D eigenvalue weighted by Crippen LogP contribution is 2.44. The van der Waals surface area contributed by atoms with Crippen molar-refractivity contribution in [3.05, 3.63) is 77.6 Å². The van der Waals surface area contributed by atoms with Crippen molar-refractivity contribution >= 4 is 18.0 Å². The van der Waals surface area contributed by atoms with Gasteiger partial charge in [-0.15, -0.1) is 0 Å². The molecule has 5 rings (SSSR count). The molecule has 0 aliphatic heterocycles. The van der Waals surface area contributed by atoms with Gasteiger partial charge in [0, 0.05) is 24.7 Å². The number of aryl methyl sites for hydroxylation is 1. The summed E-state index contributed by atoms with van der Waals surface area (Å²) in [4.78, 5) is 37.2. The minimum Gasteiger partial charge on any atom is -0.479 e. The molecule has 9 nitrogen and oxygen atoms in total. The molecular weight excluding hydrogens is 436 g/mol. The topological polar surface area (TPSA) is 123 Å². The zero-order valence-corrected chi connectivity index (χ0v) is 18.5. The van der Waals surface area contributed by atoms with Gasteiger partial charge >= 0.3 is 12.1 Å². The summed E-state index contributed by atoms with van der Waals surface area (Å²) < 4.78 is 7.00. The minimum absolute atomic E-state index is 0.0934. The maximum absolute atomic E-state index is 12.9. The average Bonchev–Trinajstić information content (AvgIpc) is 3.37. The molecule has 3 aromatic rings. The van der Waals surface area contributed by atoms with Crippen molar-refractivity contribution in [2.45, 2.75) is 30.3 Å². The van der Waals surface area contributed by atoms with Gasteiger partial charge in [-0.05, 0) is 35.1 Å². The van der Waals surface area contributed by atoms with Crippen LogP contribution in [0.2, 0.25) is 0 Å². The number of amides is 2. The molecule has 34 heavy (non-hydrogen) atoms. The van der Waals surface area contributed by atoms with Crippen molar-refractivity contribution in [1.29, 1.82) is 0 Å². The first-order chi connectivity index (χ1) is 16.4. The Morgan fingerprint density at radius 3 is 2.26 bits per heavy atom. The SMILES string of the molecule is Cn1cc(C(NC(=O)C2(NC(=O)OCC3c4ccccc4-c4ccccc43)CC2)C(=O)O)cn1. The van der Waals surface area contributed by atoms with Gasteiger partial charge < -0.3 is 20.5 Å². The molecule has 1 saturated carbocycles. The van der Waals surface area contributed by atoms with Gasteiger partial charge in [-0.2, -0.15) is 5.10 Å². The molecule has 1 atom stereocenters. The molecule has 0 spiro atoms. The number of aliphatic carboxylic acids is 1. The Labute approximate surface area is 195 Å². The highest BCUT2D eigenvalue weighted by molar-refractivity contribution is 5.95. The molecule has 174 valence electrons. The van der Waals surface area contributed by atoms with E-state index in [2.05, 4.69) is 27.9 Å². The monoisotopic (exact) mass is 460 g/mol. The third-order valence-corrected chi connectivity index (χ3v) is 6.45. The van der Waals surface area contributed by atoms with E-state index in [9.17, 15) is 19.5 Å². The van der Waals surface area contributed by atoms with E-state index in [-0.39, 0.29) is 12.5 Å². The number of carbonyl (C=O) groups excluding carboxylic acids is 2. The first-order valence-corrected chi connectivity index (χ1v) is 11.0. The Morgan fingerprint density at radius 1 is 1.12 bits per heavy atom. The molecule has 2 amide bonds. The Bertz CT molecular complexity index is 1230. The van der Waals surface area contributed by atoms with E-state index in [1.54, 1.807) is 7.05 Å². The van der Waals surface area contributed by atoms with Crippen LogP contribution in [-0.4, -0.2) is 45.0 Å². The highest BCUT2D eigenvalue weighted by Gasteiger charge is 2.52. The lowest BCUT2D eigenvalue weighted by Crippen LogP contribution is -2.51.